The Morgan fingerprint density at radius 1 is 0.380 bits per heavy atom. The van der Waals surface area contributed by atoms with Crippen molar-refractivity contribution in [1.82, 2.24) is 24.9 Å². The summed E-state index contributed by atoms with van der Waals surface area (Å²) in [6.07, 6.45) is 3.68. The summed E-state index contributed by atoms with van der Waals surface area (Å²) >= 11 is 0. The van der Waals surface area contributed by atoms with Crippen LogP contribution in [0.5, 0.6) is 0 Å². The summed E-state index contributed by atoms with van der Waals surface area (Å²) in [4.78, 5) is 24.3. The molecule has 4 aromatic heterocycles. The van der Waals surface area contributed by atoms with Crippen molar-refractivity contribution in [2.24, 2.45) is 0 Å². The second-order valence-electron chi connectivity index (χ2n) is 12.1. The standard InChI is InChI=1S/C43H25N5O2/c1-3-11-26(12-4-1)40-46-41(27-13-5-2-6-14-27)48-42(47-40)29-23-28(24-44-25-29)30-19-20-35(32-16-8-7-15-31(30)32)43-45-38-37(50-43)22-21-34-33-17-9-10-18-36(33)49-39(34)38/h1-25H. The second kappa shape index (κ2) is 11.3. The molecule has 0 unspecified atom stereocenters. The summed E-state index contributed by atoms with van der Waals surface area (Å²) in [6.45, 7) is 0. The van der Waals surface area contributed by atoms with Crippen LogP contribution in [0.3, 0.4) is 0 Å². The molecule has 0 fully saturated rings. The highest BCUT2D eigenvalue weighted by molar-refractivity contribution is 6.13. The van der Waals surface area contributed by atoms with Crippen LogP contribution in [0.15, 0.2) is 161 Å². The highest BCUT2D eigenvalue weighted by Gasteiger charge is 2.19. The molecule has 7 nitrogen and oxygen atoms in total. The van der Waals surface area contributed by atoms with Gasteiger partial charge in [0, 0.05) is 51.0 Å². The third-order valence-electron chi connectivity index (χ3n) is 9.07. The lowest BCUT2D eigenvalue weighted by atomic mass is 9.95. The smallest absolute Gasteiger partial charge is 0.228 e. The van der Waals surface area contributed by atoms with Crippen LogP contribution < -0.4 is 0 Å². The summed E-state index contributed by atoms with van der Waals surface area (Å²) in [5.74, 6) is 2.30. The molecule has 6 aromatic carbocycles. The first-order valence-electron chi connectivity index (χ1n) is 16.3. The Labute approximate surface area is 285 Å². The van der Waals surface area contributed by atoms with Crippen LogP contribution in [0.1, 0.15) is 0 Å². The summed E-state index contributed by atoms with van der Waals surface area (Å²) in [7, 11) is 0. The fourth-order valence-corrected chi connectivity index (χ4v) is 6.67. The number of nitrogens with zero attached hydrogens (tertiary/aromatic N) is 5. The van der Waals surface area contributed by atoms with Gasteiger partial charge in [0.2, 0.25) is 5.89 Å². The third-order valence-corrected chi connectivity index (χ3v) is 9.07. The van der Waals surface area contributed by atoms with Crippen molar-refractivity contribution in [3.63, 3.8) is 0 Å². The molecule has 0 bridgehead atoms. The fraction of sp³-hybridized carbons (Fsp3) is 0. The van der Waals surface area contributed by atoms with Gasteiger partial charge in [-0.25, -0.2) is 19.9 Å². The average molecular weight is 644 g/mol. The van der Waals surface area contributed by atoms with E-state index in [2.05, 4.69) is 41.4 Å². The van der Waals surface area contributed by atoms with Crippen molar-refractivity contribution in [1.29, 1.82) is 0 Å². The molecule has 234 valence electrons. The van der Waals surface area contributed by atoms with E-state index < -0.39 is 0 Å². The Hall–Kier alpha value is -6.99. The van der Waals surface area contributed by atoms with E-state index in [-0.39, 0.29) is 0 Å². The van der Waals surface area contributed by atoms with E-state index in [0.29, 0.717) is 34.5 Å². The van der Waals surface area contributed by atoms with Gasteiger partial charge in [-0.2, -0.15) is 0 Å². The molecule has 0 saturated heterocycles. The quantitative estimate of drug-likeness (QED) is 0.184. The summed E-state index contributed by atoms with van der Waals surface area (Å²) < 4.78 is 12.6. The molecule has 4 heterocycles. The van der Waals surface area contributed by atoms with E-state index in [1.807, 2.05) is 109 Å². The molecule has 0 aliphatic carbocycles. The van der Waals surface area contributed by atoms with Crippen LogP contribution in [0.2, 0.25) is 0 Å². The number of hydrogen-bond donors (Lipinski definition) is 0. The lowest BCUT2D eigenvalue weighted by Gasteiger charge is -2.12. The second-order valence-corrected chi connectivity index (χ2v) is 12.1. The maximum absolute atomic E-state index is 6.38. The number of aromatic nitrogens is 5. The lowest BCUT2D eigenvalue weighted by molar-refractivity contribution is 0.620. The van der Waals surface area contributed by atoms with Gasteiger partial charge >= 0.3 is 0 Å². The van der Waals surface area contributed by atoms with Gasteiger partial charge in [-0.3, -0.25) is 4.98 Å². The summed E-state index contributed by atoms with van der Waals surface area (Å²) in [5, 5.41) is 4.14. The largest absolute Gasteiger partial charge is 0.454 e. The molecule has 0 aliphatic heterocycles. The van der Waals surface area contributed by atoms with Gasteiger partial charge in [-0.05, 0) is 46.7 Å². The molecule has 10 aromatic rings. The minimum absolute atomic E-state index is 0.537. The maximum atomic E-state index is 6.38. The molecule has 0 N–H and O–H groups in total. The van der Waals surface area contributed by atoms with Gasteiger partial charge in [-0.15, -0.1) is 0 Å². The first-order chi connectivity index (χ1) is 24.8. The Bertz CT molecular complexity index is 2820. The predicted octanol–water partition coefficient (Wildman–Crippen LogP) is 10.8. The molecule has 0 saturated carbocycles. The predicted molar refractivity (Wildman–Crippen MR) is 197 cm³/mol. The van der Waals surface area contributed by atoms with E-state index in [1.165, 1.54) is 0 Å². The van der Waals surface area contributed by atoms with E-state index >= 15 is 0 Å². The van der Waals surface area contributed by atoms with Gasteiger partial charge in [0.05, 0.1) is 0 Å². The zero-order chi connectivity index (χ0) is 33.0. The van der Waals surface area contributed by atoms with Crippen LogP contribution in [0.25, 0.3) is 101 Å². The Morgan fingerprint density at radius 3 is 1.68 bits per heavy atom. The van der Waals surface area contributed by atoms with Gasteiger partial charge in [0.25, 0.3) is 0 Å². The van der Waals surface area contributed by atoms with Crippen LogP contribution in [-0.4, -0.2) is 24.9 Å². The van der Waals surface area contributed by atoms with Crippen molar-refractivity contribution in [3.8, 4) is 56.7 Å². The van der Waals surface area contributed by atoms with Crippen LogP contribution in [0.4, 0.5) is 0 Å². The van der Waals surface area contributed by atoms with Gasteiger partial charge in [0.1, 0.15) is 5.58 Å². The molecular weight excluding hydrogens is 619 g/mol. The van der Waals surface area contributed by atoms with E-state index in [4.69, 9.17) is 28.8 Å². The van der Waals surface area contributed by atoms with Gasteiger partial charge in [-0.1, -0.05) is 109 Å². The maximum Gasteiger partial charge on any atom is 0.228 e. The first-order valence-corrected chi connectivity index (χ1v) is 16.3. The van der Waals surface area contributed by atoms with E-state index in [0.717, 1.165) is 66.1 Å². The van der Waals surface area contributed by atoms with Crippen molar-refractivity contribution in [2.75, 3.05) is 0 Å². The van der Waals surface area contributed by atoms with E-state index in [9.17, 15) is 0 Å². The molecule has 0 spiro atoms. The lowest BCUT2D eigenvalue weighted by Crippen LogP contribution is -2.00. The van der Waals surface area contributed by atoms with Gasteiger partial charge in [0.15, 0.2) is 34.2 Å². The fourth-order valence-electron chi connectivity index (χ4n) is 6.67. The van der Waals surface area contributed by atoms with Crippen molar-refractivity contribution in [3.05, 3.63) is 152 Å². The molecule has 10 rings (SSSR count). The van der Waals surface area contributed by atoms with Gasteiger partial charge < -0.3 is 8.83 Å². The monoisotopic (exact) mass is 643 g/mol. The SMILES string of the molecule is c1ccc(-c2nc(-c3ccccc3)nc(-c3cncc(-c4ccc(-c5nc6c(ccc7c8ccccc8oc76)o5)c5ccccc45)c3)n2)cc1. The summed E-state index contributed by atoms with van der Waals surface area (Å²) in [5.41, 5.74) is 8.43. The van der Waals surface area contributed by atoms with Crippen molar-refractivity contribution < 1.29 is 8.83 Å². The molecule has 50 heavy (non-hydrogen) atoms. The highest BCUT2D eigenvalue weighted by Crippen LogP contribution is 2.39. The number of hydrogen-bond acceptors (Lipinski definition) is 7. The molecule has 0 amide bonds. The average Bonchev–Trinajstić information content (AvgIpc) is 3.80. The molecular formula is C43H25N5O2. The molecule has 0 atom stereocenters. The van der Waals surface area contributed by atoms with Crippen LogP contribution in [0, 0.1) is 0 Å². The molecule has 0 radical (unpaired) electrons. The zero-order valence-electron chi connectivity index (χ0n) is 26.5. The van der Waals surface area contributed by atoms with Crippen LogP contribution >= 0.6 is 0 Å². The third kappa shape index (κ3) is 4.64. The van der Waals surface area contributed by atoms with E-state index in [1.54, 1.807) is 6.20 Å². The van der Waals surface area contributed by atoms with Crippen LogP contribution in [-0.2, 0) is 0 Å². The number of pyridine rings is 1. The Balaban J connectivity index is 1.09. The number of oxazole rings is 1. The minimum Gasteiger partial charge on any atom is -0.454 e. The number of para-hydroxylation sites is 1. The number of rotatable bonds is 5. The molecule has 0 aliphatic rings. The number of benzene rings is 6. The minimum atomic E-state index is 0.537. The van der Waals surface area contributed by atoms with Crippen molar-refractivity contribution in [2.45, 2.75) is 0 Å². The zero-order valence-corrected chi connectivity index (χ0v) is 26.5. The van der Waals surface area contributed by atoms with Crippen molar-refractivity contribution >= 4 is 43.8 Å². The first kappa shape index (κ1) is 28.1. The Morgan fingerprint density at radius 2 is 0.960 bits per heavy atom. The highest BCUT2D eigenvalue weighted by atomic mass is 16.4. The summed E-state index contributed by atoms with van der Waals surface area (Å²) in [6, 6.07) is 46.5. The topological polar surface area (TPSA) is 90.7 Å². The number of fused-ring (bicyclic) bond motifs is 6. The normalized spacial score (nSPS) is 11.6. The molecule has 7 heteroatoms. The number of furan rings is 1. The Kier molecular flexibility index (Phi) is 6.35.